The predicted molar refractivity (Wildman–Crippen MR) is 97.4 cm³/mol. The van der Waals surface area contributed by atoms with E-state index in [0.717, 1.165) is 0 Å². The third kappa shape index (κ3) is 4.01. The number of thioether (sulfide) groups is 1. The van der Waals surface area contributed by atoms with Crippen LogP contribution in [0.1, 0.15) is 5.69 Å². The maximum atomic E-state index is 12.2. The van der Waals surface area contributed by atoms with E-state index in [1.807, 2.05) is 0 Å². The van der Waals surface area contributed by atoms with Gasteiger partial charge in [0, 0.05) is 23.6 Å². The van der Waals surface area contributed by atoms with Crippen molar-refractivity contribution >= 4 is 17.4 Å². The first-order valence-corrected chi connectivity index (χ1v) is 9.06. The monoisotopic (exact) mass is 402 g/mol. The van der Waals surface area contributed by atoms with Gasteiger partial charge in [-0.3, -0.25) is 9.20 Å². The van der Waals surface area contributed by atoms with Crippen molar-refractivity contribution in [3.8, 4) is 17.2 Å². The third-order valence-corrected chi connectivity index (χ3v) is 4.55. The highest BCUT2D eigenvalue weighted by Gasteiger charge is 2.11. The molecule has 7 nitrogen and oxygen atoms in total. The Labute approximate surface area is 161 Å². The molecule has 3 aromatic heterocycles. The van der Waals surface area contributed by atoms with Crippen molar-refractivity contribution in [1.29, 1.82) is 0 Å². The second kappa shape index (κ2) is 7.77. The Hall–Kier alpha value is -3.27. The van der Waals surface area contributed by atoms with E-state index in [2.05, 4.69) is 19.9 Å². The Balaban J connectivity index is 1.46. The number of alkyl halides is 2. The summed E-state index contributed by atoms with van der Waals surface area (Å²) in [6.45, 7) is -2.88. The van der Waals surface area contributed by atoms with E-state index >= 15 is 0 Å². The summed E-state index contributed by atoms with van der Waals surface area (Å²) in [5, 5.41) is 8.19. The van der Waals surface area contributed by atoms with Crippen LogP contribution in [0.5, 0.6) is 5.75 Å². The number of rotatable bonds is 6. The molecule has 4 aromatic rings. The van der Waals surface area contributed by atoms with Gasteiger partial charge in [-0.1, -0.05) is 17.8 Å². The van der Waals surface area contributed by atoms with Gasteiger partial charge in [0.05, 0.1) is 5.69 Å². The molecule has 0 spiro atoms. The zero-order valence-electron chi connectivity index (χ0n) is 14.2. The first-order chi connectivity index (χ1) is 13.6. The summed E-state index contributed by atoms with van der Waals surface area (Å²) in [5.74, 6) is 0.669. The van der Waals surface area contributed by atoms with E-state index < -0.39 is 6.61 Å². The van der Waals surface area contributed by atoms with Gasteiger partial charge in [-0.15, -0.1) is 10.2 Å². The Morgan fingerprint density at radius 2 is 1.96 bits per heavy atom. The third-order valence-electron chi connectivity index (χ3n) is 3.70. The average molecular weight is 402 g/mol. The van der Waals surface area contributed by atoms with Gasteiger partial charge in [0.25, 0.3) is 10.8 Å². The molecule has 0 atom stereocenters. The summed E-state index contributed by atoms with van der Waals surface area (Å²) in [6, 6.07) is 12.7. The maximum absolute atomic E-state index is 12.2. The minimum Gasteiger partial charge on any atom is -0.435 e. The number of benzene rings is 1. The van der Waals surface area contributed by atoms with Crippen LogP contribution in [0.3, 0.4) is 0 Å². The van der Waals surface area contributed by atoms with Crippen molar-refractivity contribution in [3.05, 3.63) is 70.8 Å². The minimum absolute atomic E-state index is 0.0431. The second-order valence-corrected chi connectivity index (χ2v) is 6.51. The second-order valence-electron chi connectivity index (χ2n) is 5.58. The SMILES string of the molecule is O=c1cc(CSc2nnc(-c3ccc(OC(F)F)cc3)o2)nc2ccccn12. The lowest BCUT2D eigenvalue weighted by Gasteiger charge is -2.03. The normalized spacial score (nSPS) is 11.2. The fourth-order valence-electron chi connectivity index (χ4n) is 2.48. The molecule has 4 rings (SSSR count). The quantitative estimate of drug-likeness (QED) is 0.455. The van der Waals surface area contributed by atoms with Gasteiger partial charge in [0.2, 0.25) is 5.89 Å². The van der Waals surface area contributed by atoms with Gasteiger partial charge in [-0.05, 0) is 36.4 Å². The Bertz CT molecular complexity index is 1160. The van der Waals surface area contributed by atoms with Crippen LogP contribution in [-0.2, 0) is 5.75 Å². The van der Waals surface area contributed by atoms with Crippen molar-refractivity contribution in [2.45, 2.75) is 17.6 Å². The number of nitrogens with zero attached hydrogens (tertiary/aromatic N) is 4. The number of halogens is 2. The number of pyridine rings is 1. The minimum atomic E-state index is -2.88. The molecule has 0 N–H and O–H groups in total. The molecule has 0 amide bonds. The number of ether oxygens (including phenoxy) is 1. The first kappa shape index (κ1) is 18.1. The lowest BCUT2D eigenvalue weighted by Crippen LogP contribution is -2.14. The molecule has 0 fully saturated rings. The zero-order chi connectivity index (χ0) is 19.5. The van der Waals surface area contributed by atoms with Gasteiger partial charge in [0.1, 0.15) is 11.4 Å². The molecule has 0 saturated carbocycles. The van der Waals surface area contributed by atoms with Crippen LogP contribution in [0.4, 0.5) is 8.78 Å². The van der Waals surface area contributed by atoms with Crippen molar-refractivity contribution in [2.24, 2.45) is 0 Å². The van der Waals surface area contributed by atoms with Crippen LogP contribution in [0, 0.1) is 0 Å². The molecule has 0 radical (unpaired) electrons. The highest BCUT2D eigenvalue weighted by Crippen LogP contribution is 2.26. The van der Waals surface area contributed by atoms with E-state index in [1.165, 1.54) is 34.4 Å². The van der Waals surface area contributed by atoms with E-state index in [0.29, 0.717) is 27.9 Å². The molecule has 1 aromatic carbocycles. The fourth-order valence-corrected chi connectivity index (χ4v) is 3.13. The molecular weight excluding hydrogens is 390 g/mol. The molecule has 28 heavy (non-hydrogen) atoms. The molecule has 10 heteroatoms. The largest absolute Gasteiger partial charge is 0.435 e. The van der Waals surface area contributed by atoms with E-state index in [9.17, 15) is 13.6 Å². The highest BCUT2D eigenvalue weighted by molar-refractivity contribution is 7.98. The molecule has 0 saturated heterocycles. The van der Waals surface area contributed by atoms with Crippen LogP contribution in [0.2, 0.25) is 0 Å². The smallest absolute Gasteiger partial charge is 0.387 e. The summed E-state index contributed by atoms with van der Waals surface area (Å²) in [7, 11) is 0. The summed E-state index contributed by atoms with van der Waals surface area (Å²) in [6.07, 6.45) is 1.66. The lowest BCUT2D eigenvalue weighted by molar-refractivity contribution is -0.0498. The van der Waals surface area contributed by atoms with Crippen LogP contribution in [0.15, 0.2) is 69.2 Å². The molecule has 0 unspecified atom stereocenters. The zero-order valence-corrected chi connectivity index (χ0v) is 15.0. The molecule has 0 aliphatic carbocycles. The van der Waals surface area contributed by atoms with Gasteiger partial charge >= 0.3 is 6.61 Å². The van der Waals surface area contributed by atoms with Gasteiger partial charge in [0.15, 0.2) is 0 Å². The number of fused-ring (bicyclic) bond motifs is 1. The molecule has 0 aliphatic heterocycles. The van der Waals surface area contributed by atoms with Crippen molar-refractivity contribution in [1.82, 2.24) is 19.6 Å². The van der Waals surface area contributed by atoms with Crippen LogP contribution >= 0.6 is 11.8 Å². The van der Waals surface area contributed by atoms with E-state index in [-0.39, 0.29) is 17.2 Å². The summed E-state index contributed by atoms with van der Waals surface area (Å²) in [5.41, 5.74) is 1.55. The fraction of sp³-hybridized carbons (Fsp3) is 0.111. The summed E-state index contributed by atoms with van der Waals surface area (Å²) < 4.78 is 35.7. The molecule has 142 valence electrons. The maximum Gasteiger partial charge on any atom is 0.387 e. The summed E-state index contributed by atoms with van der Waals surface area (Å²) in [4.78, 5) is 16.5. The average Bonchev–Trinajstić information content (AvgIpc) is 3.16. The van der Waals surface area contributed by atoms with Gasteiger partial charge in [-0.2, -0.15) is 8.78 Å². The first-order valence-electron chi connectivity index (χ1n) is 8.07. The van der Waals surface area contributed by atoms with Gasteiger partial charge < -0.3 is 9.15 Å². The van der Waals surface area contributed by atoms with Gasteiger partial charge in [-0.25, -0.2) is 4.98 Å². The Morgan fingerprint density at radius 3 is 2.75 bits per heavy atom. The molecule has 3 heterocycles. The molecule has 0 bridgehead atoms. The van der Waals surface area contributed by atoms with Crippen molar-refractivity contribution in [2.75, 3.05) is 0 Å². The molecular formula is C18H12F2N4O3S. The van der Waals surface area contributed by atoms with E-state index in [4.69, 9.17) is 4.42 Å². The Morgan fingerprint density at radius 1 is 1.14 bits per heavy atom. The summed E-state index contributed by atoms with van der Waals surface area (Å²) >= 11 is 1.24. The predicted octanol–water partition coefficient (Wildman–Crippen LogP) is 3.64. The highest BCUT2D eigenvalue weighted by atomic mass is 32.2. The Kier molecular flexibility index (Phi) is 5.02. The molecule has 0 aliphatic rings. The number of hydrogen-bond acceptors (Lipinski definition) is 7. The van der Waals surface area contributed by atoms with Crippen LogP contribution in [-0.4, -0.2) is 26.2 Å². The lowest BCUT2D eigenvalue weighted by atomic mass is 10.2. The number of hydrogen-bond donors (Lipinski definition) is 0. The van der Waals surface area contributed by atoms with Crippen molar-refractivity contribution < 1.29 is 17.9 Å². The van der Waals surface area contributed by atoms with Crippen molar-refractivity contribution in [3.63, 3.8) is 0 Å². The standard InChI is InChI=1S/C18H12F2N4O3S/c19-17(20)26-13-6-4-11(5-7-13)16-22-23-18(27-16)28-10-12-9-15(25)24-8-2-1-3-14(24)21-12/h1-9,17H,10H2. The van der Waals surface area contributed by atoms with Crippen LogP contribution in [0.25, 0.3) is 17.1 Å². The topological polar surface area (TPSA) is 82.5 Å². The van der Waals surface area contributed by atoms with E-state index in [1.54, 1.807) is 36.5 Å². The number of aromatic nitrogens is 4. The van der Waals surface area contributed by atoms with Crippen LogP contribution < -0.4 is 10.3 Å².